The van der Waals surface area contributed by atoms with E-state index in [0.29, 0.717) is 25.9 Å². The second kappa shape index (κ2) is 8.22. The van der Waals surface area contributed by atoms with E-state index in [-0.39, 0.29) is 18.1 Å². The van der Waals surface area contributed by atoms with Crippen molar-refractivity contribution < 1.29 is 24.2 Å². The van der Waals surface area contributed by atoms with Gasteiger partial charge in [-0.1, -0.05) is 0 Å². The Bertz CT molecular complexity index is 781. The van der Waals surface area contributed by atoms with Crippen molar-refractivity contribution in [2.24, 2.45) is 5.41 Å². The Balaban J connectivity index is 1.84. The summed E-state index contributed by atoms with van der Waals surface area (Å²) in [4.78, 5) is 29.8. The predicted molar refractivity (Wildman–Crippen MR) is 111 cm³/mol. The molecule has 1 spiro atoms. The normalized spacial score (nSPS) is 27.2. The fourth-order valence-electron chi connectivity index (χ4n) is 4.66. The summed E-state index contributed by atoms with van der Waals surface area (Å²) in [5, 5.41) is 9.21. The van der Waals surface area contributed by atoms with Crippen LogP contribution < -0.4 is 0 Å². The maximum Gasteiger partial charge on any atom is 0.410 e. The first-order chi connectivity index (χ1) is 13.5. The number of aliphatic carboxylic acids is 1. The highest BCUT2D eigenvalue weighted by atomic mass is 79.9. The largest absolute Gasteiger partial charge is 0.480 e. The lowest BCUT2D eigenvalue weighted by atomic mass is 9.76. The number of carbonyl (C=O) groups is 2. The molecule has 7 nitrogen and oxygen atoms in total. The van der Waals surface area contributed by atoms with Crippen molar-refractivity contribution in [3.8, 4) is 0 Å². The number of halogens is 1. The Morgan fingerprint density at radius 1 is 1.31 bits per heavy atom. The van der Waals surface area contributed by atoms with Crippen molar-refractivity contribution in [3.63, 3.8) is 0 Å². The molecule has 2 atom stereocenters. The van der Waals surface area contributed by atoms with Gasteiger partial charge in [0.1, 0.15) is 12.2 Å². The van der Waals surface area contributed by atoms with Crippen LogP contribution in [0.4, 0.5) is 4.79 Å². The lowest BCUT2D eigenvalue weighted by Gasteiger charge is -2.42. The average molecular weight is 469 g/mol. The number of nitrogens with zero attached hydrogens (tertiary/aromatic N) is 2. The van der Waals surface area contributed by atoms with Gasteiger partial charge in [-0.15, -0.1) is 0 Å². The Labute approximate surface area is 179 Å². The number of hydrogen-bond acceptors (Lipinski definition) is 5. The second-order valence-electron chi connectivity index (χ2n) is 9.21. The van der Waals surface area contributed by atoms with Crippen molar-refractivity contribution in [2.75, 3.05) is 19.7 Å². The molecule has 160 valence electrons. The standard InChI is InChI=1S/C21H29BrN2O5/c1-19(2,3)29-18(27)24-10-4-6-20(14-24)7-8-21(13-20,28-12-17(25)26)15-5-9-23-11-16(15)22/h5,9,11H,4,6-8,10,12-14H2,1-3H3,(H,25,26). The second-order valence-corrected chi connectivity index (χ2v) is 10.1. The Morgan fingerprint density at radius 2 is 2.07 bits per heavy atom. The number of amides is 1. The van der Waals surface area contributed by atoms with Crippen LogP contribution in [0.3, 0.4) is 0 Å². The molecular weight excluding hydrogens is 440 g/mol. The summed E-state index contributed by atoms with van der Waals surface area (Å²) >= 11 is 3.55. The highest BCUT2D eigenvalue weighted by molar-refractivity contribution is 9.10. The van der Waals surface area contributed by atoms with Crippen LogP contribution in [0.25, 0.3) is 0 Å². The number of pyridine rings is 1. The van der Waals surface area contributed by atoms with Gasteiger partial charge in [0.2, 0.25) is 0 Å². The van der Waals surface area contributed by atoms with Gasteiger partial charge in [0.05, 0.1) is 5.60 Å². The maximum atomic E-state index is 12.6. The van der Waals surface area contributed by atoms with E-state index in [9.17, 15) is 14.7 Å². The Kier molecular flexibility index (Phi) is 6.24. The molecule has 1 amide bonds. The lowest BCUT2D eigenvalue weighted by molar-refractivity contribution is -0.151. The molecule has 3 rings (SSSR count). The first-order valence-corrected chi connectivity index (χ1v) is 10.8. The zero-order valence-electron chi connectivity index (χ0n) is 17.2. The molecule has 8 heteroatoms. The number of ether oxygens (including phenoxy) is 2. The first kappa shape index (κ1) is 22.0. The zero-order valence-corrected chi connectivity index (χ0v) is 18.8. The van der Waals surface area contributed by atoms with E-state index in [1.165, 1.54) is 0 Å². The highest BCUT2D eigenvalue weighted by Gasteiger charge is 2.53. The molecule has 1 aliphatic heterocycles. The summed E-state index contributed by atoms with van der Waals surface area (Å²) in [6, 6.07) is 1.89. The minimum atomic E-state index is -0.991. The van der Waals surface area contributed by atoms with Crippen molar-refractivity contribution in [1.82, 2.24) is 9.88 Å². The summed E-state index contributed by atoms with van der Waals surface area (Å²) < 4.78 is 12.4. The van der Waals surface area contributed by atoms with Crippen LogP contribution in [0.15, 0.2) is 22.9 Å². The topological polar surface area (TPSA) is 89.0 Å². The Hall–Kier alpha value is -1.67. The SMILES string of the molecule is CC(C)(C)OC(=O)N1CCCC2(CCC(OCC(=O)O)(c3ccncc3Br)C2)C1. The molecule has 29 heavy (non-hydrogen) atoms. The Morgan fingerprint density at radius 3 is 2.72 bits per heavy atom. The molecule has 0 radical (unpaired) electrons. The maximum absolute atomic E-state index is 12.6. The van der Waals surface area contributed by atoms with Crippen LogP contribution in [0.2, 0.25) is 0 Å². The predicted octanol–water partition coefficient (Wildman–Crippen LogP) is 4.34. The summed E-state index contributed by atoms with van der Waals surface area (Å²) in [5.74, 6) is -0.991. The third kappa shape index (κ3) is 5.09. The molecule has 1 aromatic heterocycles. The fraction of sp³-hybridized carbons (Fsp3) is 0.667. The van der Waals surface area contributed by atoms with Gasteiger partial charge in [-0.2, -0.15) is 0 Å². The summed E-state index contributed by atoms with van der Waals surface area (Å²) in [6.07, 6.45) is 7.22. The van der Waals surface area contributed by atoms with Gasteiger partial charge in [0.15, 0.2) is 0 Å². The quantitative estimate of drug-likeness (QED) is 0.706. The fourth-order valence-corrected chi connectivity index (χ4v) is 5.28. The van der Waals surface area contributed by atoms with Gasteiger partial charge in [-0.05, 0) is 80.3 Å². The molecular formula is C21H29BrN2O5. The summed E-state index contributed by atoms with van der Waals surface area (Å²) in [5.41, 5.74) is -0.443. The zero-order chi connectivity index (χ0) is 21.3. The molecule has 2 unspecified atom stereocenters. The molecule has 0 bridgehead atoms. The van der Waals surface area contributed by atoms with Crippen molar-refractivity contribution in [2.45, 2.75) is 64.1 Å². The van der Waals surface area contributed by atoms with Crippen LogP contribution in [0.5, 0.6) is 0 Å². The molecule has 1 N–H and O–H groups in total. The molecule has 2 fully saturated rings. The van der Waals surface area contributed by atoms with Crippen molar-refractivity contribution in [1.29, 1.82) is 0 Å². The average Bonchev–Trinajstić information content (AvgIpc) is 2.98. The highest BCUT2D eigenvalue weighted by Crippen LogP contribution is 2.56. The van der Waals surface area contributed by atoms with E-state index < -0.39 is 17.2 Å². The minimum absolute atomic E-state index is 0.115. The number of carbonyl (C=O) groups excluding carboxylic acids is 1. The van der Waals surface area contributed by atoms with E-state index in [1.54, 1.807) is 17.3 Å². The van der Waals surface area contributed by atoms with Gasteiger partial charge >= 0.3 is 12.1 Å². The number of aromatic nitrogens is 1. The molecule has 1 aromatic rings. The van der Waals surface area contributed by atoms with Crippen LogP contribution in [-0.2, 0) is 19.9 Å². The van der Waals surface area contributed by atoms with Gasteiger partial charge < -0.3 is 19.5 Å². The number of rotatable bonds is 4. The molecule has 1 aliphatic carbocycles. The third-order valence-electron chi connectivity index (χ3n) is 5.77. The van der Waals surface area contributed by atoms with Gasteiger partial charge in [-0.3, -0.25) is 4.98 Å². The first-order valence-electron chi connectivity index (χ1n) is 9.98. The number of carboxylic acids is 1. The molecule has 2 aliphatic rings. The van der Waals surface area contributed by atoms with E-state index >= 15 is 0 Å². The van der Waals surface area contributed by atoms with Gasteiger partial charge in [0.25, 0.3) is 0 Å². The van der Waals surface area contributed by atoms with E-state index in [4.69, 9.17) is 9.47 Å². The number of piperidine rings is 1. The van der Waals surface area contributed by atoms with Gasteiger partial charge in [0, 0.05) is 35.5 Å². The van der Waals surface area contributed by atoms with E-state index in [1.807, 2.05) is 26.8 Å². The van der Waals surface area contributed by atoms with E-state index in [2.05, 4.69) is 20.9 Å². The summed E-state index contributed by atoms with van der Waals surface area (Å²) in [7, 11) is 0. The van der Waals surface area contributed by atoms with Crippen LogP contribution >= 0.6 is 15.9 Å². The smallest absolute Gasteiger partial charge is 0.410 e. The van der Waals surface area contributed by atoms with E-state index in [0.717, 1.165) is 29.3 Å². The number of likely N-dealkylation sites (tertiary alicyclic amines) is 1. The lowest BCUT2D eigenvalue weighted by Crippen LogP contribution is -2.47. The van der Waals surface area contributed by atoms with Gasteiger partial charge in [-0.25, -0.2) is 9.59 Å². The third-order valence-corrected chi connectivity index (χ3v) is 6.40. The summed E-state index contributed by atoms with van der Waals surface area (Å²) in [6.45, 7) is 6.52. The monoisotopic (exact) mass is 468 g/mol. The molecule has 1 saturated carbocycles. The van der Waals surface area contributed by atoms with Crippen LogP contribution in [0.1, 0.15) is 58.4 Å². The van der Waals surface area contributed by atoms with Crippen LogP contribution in [0, 0.1) is 5.41 Å². The number of hydrogen-bond donors (Lipinski definition) is 1. The van der Waals surface area contributed by atoms with Crippen LogP contribution in [-0.4, -0.2) is 52.4 Å². The molecule has 0 aromatic carbocycles. The molecule has 2 heterocycles. The van der Waals surface area contributed by atoms with Crippen molar-refractivity contribution in [3.05, 3.63) is 28.5 Å². The van der Waals surface area contributed by atoms with Crippen molar-refractivity contribution >= 4 is 28.0 Å². The molecule has 1 saturated heterocycles. The number of carboxylic acid groups (broad SMARTS) is 1. The minimum Gasteiger partial charge on any atom is -0.480 e.